The van der Waals surface area contributed by atoms with Crippen molar-refractivity contribution in [3.8, 4) is 5.75 Å². The van der Waals surface area contributed by atoms with E-state index in [1.807, 2.05) is 12.1 Å². The smallest absolute Gasteiger partial charge is 0.127 e. The first-order valence-electron chi connectivity index (χ1n) is 5.03. The molecule has 1 radical (unpaired) electrons. The predicted octanol–water partition coefficient (Wildman–Crippen LogP) is 2.39. The van der Waals surface area contributed by atoms with Crippen molar-refractivity contribution in [3.05, 3.63) is 29.8 Å². The lowest BCUT2D eigenvalue weighted by Crippen LogP contribution is -2.04. The first-order valence-corrected chi connectivity index (χ1v) is 5.03. The molecule has 0 unspecified atom stereocenters. The average Bonchev–Trinajstić information content (AvgIpc) is 3.03. The molecule has 0 heterocycles. The summed E-state index contributed by atoms with van der Waals surface area (Å²) in [5.74, 6) is 1.60. The zero-order chi connectivity index (χ0) is 9.80. The van der Waals surface area contributed by atoms with Gasteiger partial charge in [-0.2, -0.15) is 0 Å². The van der Waals surface area contributed by atoms with E-state index >= 15 is 0 Å². The van der Waals surface area contributed by atoms with Crippen LogP contribution in [0.1, 0.15) is 24.3 Å². The van der Waals surface area contributed by atoms with Gasteiger partial charge in [-0.05, 0) is 36.5 Å². The average molecular weight is 191 g/mol. The van der Waals surface area contributed by atoms with Crippen LogP contribution in [0.25, 0.3) is 0 Å². The predicted molar refractivity (Wildman–Crippen MR) is 54.6 cm³/mol. The van der Waals surface area contributed by atoms with Crippen molar-refractivity contribution in [2.24, 2.45) is 0 Å². The molecule has 0 aliphatic heterocycles. The molecule has 0 N–H and O–H groups in total. The zero-order valence-corrected chi connectivity index (χ0v) is 8.45. The summed E-state index contributed by atoms with van der Waals surface area (Å²) in [5.41, 5.74) is 1.39. The highest BCUT2D eigenvalue weighted by atomic mass is 16.5. The molecule has 1 saturated carbocycles. The van der Waals surface area contributed by atoms with Crippen LogP contribution in [0.3, 0.4) is 0 Å². The molecule has 2 heteroatoms. The Morgan fingerprint density at radius 1 is 1.36 bits per heavy atom. The molecule has 1 aliphatic carbocycles. The zero-order valence-electron chi connectivity index (χ0n) is 8.45. The van der Waals surface area contributed by atoms with Gasteiger partial charge in [0.05, 0.1) is 6.61 Å². The molecule has 0 bridgehead atoms. The van der Waals surface area contributed by atoms with Gasteiger partial charge in [0.15, 0.2) is 0 Å². The van der Waals surface area contributed by atoms with E-state index in [1.165, 1.54) is 18.4 Å². The van der Waals surface area contributed by atoms with Gasteiger partial charge in [0.25, 0.3) is 0 Å². The molecule has 0 spiro atoms. The van der Waals surface area contributed by atoms with Gasteiger partial charge in [-0.1, -0.05) is 6.07 Å². The Balaban J connectivity index is 1.86. The van der Waals surface area contributed by atoms with Crippen LogP contribution in [-0.2, 0) is 4.74 Å². The van der Waals surface area contributed by atoms with Gasteiger partial charge < -0.3 is 9.47 Å². The molecule has 2 rings (SSSR count). The molecule has 2 nitrogen and oxygen atoms in total. The first kappa shape index (κ1) is 9.53. The lowest BCUT2D eigenvalue weighted by atomic mass is 10.1. The fraction of sp³-hybridized carbons (Fsp3) is 0.500. The molecule has 0 atom stereocenters. The highest BCUT2D eigenvalue weighted by molar-refractivity contribution is 5.30. The number of benzene rings is 1. The third kappa shape index (κ3) is 2.48. The second-order valence-electron chi connectivity index (χ2n) is 3.60. The van der Waals surface area contributed by atoms with Crippen molar-refractivity contribution in [1.29, 1.82) is 0 Å². The summed E-state index contributed by atoms with van der Waals surface area (Å²) in [6, 6.07) is 9.31. The maximum Gasteiger partial charge on any atom is 0.127 e. The summed E-state index contributed by atoms with van der Waals surface area (Å²) in [5, 5.41) is 0. The van der Waals surface area contributed by atoms with Crippen molar-refractivity contribution < 1.29 is 9.47 Å². The summed E-state index contributed by atoms with van der Waals surface area (Å²) in [4.78, 5) is 0. The summed E-state index contributed by atoms with van der Waals surface area (Å²) in [6.07, 6.45) is 2.66. The molecule has 14 heavy (non-hydrogen) atoms. The number of hydrogen-bond acceptors (Lipinski definition) is 2. The second-order valence-corrected chi connectivity index (χ2v) is 3.60. The van der Waals surface area contributed by atoms with E-state index in [0.717, 1.165) is 11.7 Å². The maximum absolute atomic E-state index is 5.42. The van der Waals surface area contributed by atoms with Gasteiger partial charge in [-0.15, -0.1) is 0 Å². The molecular formula is C12H15O2. The van der Waals surface area contributed by atoms with Crippen molar-refractivity contribution in [1.82, 2.24) is 0 Å². The number of ether oxygens (including phenoxy) is 2. The van der Waals surface area contributed by atoms with Crippen molar-refractivity contribution in [2.75, 3.05) is 20.3 Å². The van der Waals surface area contributed by atoms with Crippen molar-refractivity contribution >= 4 is 0 Å². The van der Waals surface area contributed by atoms with Crippen molar-refractivity contribution in [2.45, 2.75) is 18.8 Å². The first-order chi connectivity index (χ1) is 6.90. The number of hydrogen-bond donors (Lipinski definition) is 0. The molecule has 1 aromatic carbocycles. The van der Waals surface area contributed by atoms with Crippen LogP contribution >= 0.6 is 0 Å². The molecule has 0 saturated heterocycles. The SMILES string of the molecule is COCCOc1[c]cc(C2CC2)cc1. The van der Waals surface area contributed by atoms with Crippen LogP contribution < -0.4 is 4.74 Å². The summed E-state index contributed by atoms with van der Waals surface area (Å²) in [7, 11) is 1.67. The van der Waals surface area contributed by atoms with Crippen LogP contribution in [0.5, 0.6) is 5.75 Å². The van der Waals surface area contributed by atoms with Crippen LogP contribution in [0.4, 0.5) is 0 Å². The third-order valence-corrected chi connectivity index (χ3v) is 2.40. The van der Waals surface area contributed by atoms with Crippen LogP contribution in [0.2, 0.25) is 0 Å². The molecule has 1 aliphatic rings. The Morgan fingerprint density at radius 3 is 2.79 bits per heavy atom. The Hall–Kier alpha value is -1.02. The van der Waals surface area contributed by atoms with E-state index in [4.69, 9.17) is 9.47 Å². The topological polar surface area (TPSA) is 18.5 Å². The molecule has 1 aromatic rings. The fourth-order valence-corrected chi connectivity index (χ4v) is 1.42. The van der Waals surface area contributed by atoms with Gasteiger partial charge in [0, 0.05) is 13.2 Å². The van der Waals surface area contributed by atoms with Gasteiger partial charge >= 0.3 is 0 Å². The molecular weight excluding hydrogens is 176 g/mol. The molecule has 0 aromatic heterocycles. The third-order valence-electron chi connectivity index (χ3n) is 2.40. The summed E-state index contributed by atoms with van der Waals surface area (Å²) < 4.78 is 10.3. The molecule has 0 amide bonds. The standard InChI is InChI=1S/C12H15O2/c1-13-8-9-14-12-6-4-11(5-7-12)10-2-3-10/h4-6,10H,2-3,8-9H2,1H3. The summed E-state index contributed by atoms with van der Waals surface area (Å²) >= 11 is 0. The molecule has 1 fully saturated rings. The number of methoxy groups -OCH3 is 1. The lowest BCUT2D eigenvalue weighted by Gasteiger charge is -2.05. The van der Waals surface area contributed by atoms with E-state index < -0.39 is 0 Å². The minimum atomic E-state index is 0.593. The fourth-order valence-electron chi connectivity index (χ4n) is 1.42. The minimum Gasteiger partial charge on any atom is -0.491 e. The Bertz CT molecular complexity index is 275. The monoisotopic (exact) mass is 191 g/mol. The van der Waals surface area contributed by atoms with E-state index in [9.17, 15) is 0 Å². The Labute approximate surface area is 84.8 Å². The van der Waals surface area contributed by atoms with Crippen molar-refractivity contribution in [3.63, 3.8) is 0 Å². The normalized spacial score (nSPS) is 15.5. The lowest BCUT2D eigenvalue weighted by molar-refractivity contribution is 0.146. The van der Waals surface area contributed by atoms with Crippen LogP contribution in [0, 0.1) is 6.07 Å². The highest BCUT2D eigenvalue weighted by Crippen LogP contribution is 2.40. The van der Waals surface area contributed by atoms with E-state index in [0.29, 0.717) is 13.2 Å². The Kier molecular flexibility index (Phi) is 3.04. The van der Waals surface area contributed by atoms with Gasteiger partial charge in [0.1, 0.15) is 12.4 Å². The highest BCUT2D eigenvalue weighted by Gasteiger charge is 2.22. The molecule has 75 valence electrons. The van der Waals surface area contributed by atoms with Gasteiger partial charge in [-0.3, -0.25) is 0 Å². The van der Waals surface area contributed by atoms with E-state index in [1.54, 1.807) is 7.11 Å². The largest absolute Gasteiger partial charge is 0.491 e. The van der Waals surface area contributed by atoms with E-state index in [-0.39, 0.29) is 0 Å². The van der Waals surface area contributed by atoms with Gasteiger partial charge in [0.2, 0.25) is 0 Å². The maximum atomic E-state index is 5.42. The van der Waals surface area contributed by atoms with Gasteiger partial charge in [-0.25, -0.2) is 0 Å². The summed E-state index contributed by atoms with van der Waals surface area (Å²) in [6.45, 7) is 1.22. The van der Waals surface area contributed by atoms with Crippen LogP contribution in [-0.4, -0.2) is 20.3 Å². The van der Waals surface area contributed by atoms with Crippen LogP contribution in [0.15, 0.2) is 18.2 Å². The quantitative estimate of drug-likeness (QED) is 0.665. The second kappa shape index (κ2) is 4.47. The number of rotatable bonds is 5. The Morgan fingerprint density at radius 2 is 2.21 bits per heavy atom. The minimum absolute atomic E-state index is 0.593. The van der Waals surface area contributed by atoms with E-state index in [2.05, 4.69) is 12.1 Å².